The summed E-state index contributed by atoms with van der Waals surface area (Å²) in [6.45, 7) is 6.10. The van der Waals surface area contributed by atoms with Crippen molar-refractivity contribution in [3.63, 3.8) is 0 Å². The predicted octanol–water partition coefficient (Wildman–Crippen LogP) is 4.51. The maximum Gasteiger partial charge on any atom is 0.257 e. The van der Waals surface area contributed by atoms with Gasteiger partial charge in [-0.2, -0.15) is 0 Å². The average Bonchev–Trinajstić information content (AvgIpc) is 3.09. The number of benzene rings is 1. The standard InChI is InChI=1S/C22H26N4O3S/c1-13-6-5-9-26(11-13)20-19-18(14(2)30-22(19)24-12-23-20)21(27)25-15-7-8-16(28-3)17(10-15)29-4/h7-8,10,12-13H,5-6,9,11H2,1-4H3,(H,25,27). The Bertz CT molecular complexity index is 1080. The quantitative estimate of drug-likeness (QED) is 0.647. The number of aromatic nitrogens is 2. The number of hydrogen-bond acceptors (Lipinski definition) is 7. The summed E-state index contributed by atoms with van der Waals surface area (Å²) in [4.78, 5) is 26.4. The molecular formula is C22H26N4O3S. The van der Waals surface area contributed by atoms with Crippen LogP contribution in [0.5, 0.6) is 11.5 Å². The molecule has 1 atom stereocenters. The van der Waals surface area contributed by atoms with Gasteiger partial charge in [0.15, 0.2) is 11.5 Å². The molecule has 1 unspecified atom stereocenters. The molecule has 0 aliphatic carbocycles. The molecule has 0 bridgehead atoms. The first-order valence-corrected chi connectivity index (χ1v) is 10.9. The molecule has 1 aliphatic heterocycles. The van der Waals surface area contributed by atoms with E-state index in [9.17, 15) is 4.79 Å². The first kappa shape index (κ1) is 20.4. The summed E-state index contributed by atoms with van der Waals surface area (Å²) < 4.78 is 10.6. The van der Waals surface area contributed by atoms with Crippen molar-refractivity contribution < 1.29 is 14.3 Å². The van der Waals surface area contributed by atoms with Gasteiger partial charge in [-0.25, -0.2) is 9.97 Å². The van der Waals surface area contributed by atoms with Gasteiger partial charge in [-0.1, -0.05) is 6.92 Å². The van der Waals surface area contributed by atoms with E-state index >= 15 is 0 Å². The second-order valence-corrected chi connectivity index (χ2v) is 8.83. The molecule has 158 valence electrons. The van der Waals surface area contributed by atoms with E-state index in [1.807, 2.05) is 6.92 Å². The first-order valence-electron chi connectivity index (χ1n) is 10.0. The van der Waals surface area contributed by atoms with Crippen LogP contribution in [0.1, 0.15) is 35.0 Å². The van der Waals surface area contributed by atoms with Crippen LogP contribution in [-0.2, 0) is 0 Å². The summed E-state index contributed by atoms with van der Waals surface area (Å²) in [6, 6.07) is 5.33. The summed E-state index contributed by atoms with van der Waals surface area (Å²) in [5, 5.41) is 3.84. The van der Waals surface area contributed by atoms with Gasteiger partial charge in [-0.3, -0.25) is 4.79 Å². The molecule has 8 heteroatoms. The molecule has 1 N–H and O–H groups in total. The highest BCUT2D eigenvalue weighted by molar-refractivity contribution is 7.19. The summed E-state index contributed by atoms with van der Waals surface area (Å²) in [7, 11) is 3.16. The van der Waals surface area contributed by atoms with Crippen molar-refractivity contribution >= 4 is 39.0 Å². The Morgan fingerprint density at radius 3 is 2.77 bits per heavy atom. The zero-order valence-corrected chi connectivity index (χ0v) is 18.5. The third-order valence-corrected chi connectivity index (χ3v) is 6.48. The molecule has 0 spiro atoms. The molecule has 7 nitrogen and oxygen atoms in total. The van der Waals surface area contributed by atoms with E-state index in [0.717, 1.165) is 40.4 Å². The van der Waals surface area contributed by atoms with Gasteiger partial charge in [-0.05, 0) is 37.8 Å². The van der Waals surface area contributed by atoms with Crippen molar-refractivity contribution in [2.24, 2.45) is 5.92 Å². The number of carbonyl (C=O) groups excluding carboxylic acids is 1. The highest BCUT2D eigenvalue weighted by Crippen LogP contribution is 2.37. The Labute approximate surface area is 180 Å². The fourth-order valence-electron chi connectivity index (χ4n) is 4.03. The Morgan fingerprint density at radius 1 is 1.23 bits per heavy atom. The number of anilines is 2. The lowest BCUT2D eigenvalue weighted by Gasteiger charge is -2.32. The molecule has 1 aromatic carbocycles. The van der Waals surface area contributed by atoms with E-state index in [0.29, 0.717) is 28.7 Å². The van der Waals surface area contributed by atoms with Crippen LogP contribution in [0, 0.1) is 12.8 Å². The lowest BCUT2D eigenvalue weighted by atomic mass is 10.00. The molecule has 3 heterocycles. The van der Waals surface area contributed by atoms with Gasteiger partial charge in [0.2, 0.25) is 0 Å². The van der Waals surface area contributed by atoms with Gasteiger partial charge >= 0.3 is 0 Å². The largest absolute Gasteiger partial charge is 0.493 e. The van der Waals surface area contributed by atoms with Crippen LogP contribution in [0.2, 0.25) is 0 Å². The number of methoxy groups -OCH3 is 2. The lowest BCUT2D eigenvalue weighted by molar-refractivity contribution is 0.102. The number of amides is 1. The van der Waals surface area contributed by atoms with Crippen molar-refractivity contribution in [1.29, 1.82) is 0 Å². The monoisotopic (exact) mass is 426 g/mol. The lowest BCUT2D eigenvalue weighted by Crippen LogP contribution is -2.35. The van der Waals surface area contributed by atoms with Crippen LogP contribution in [0.15, 0.2) is 24.5 Å². The van der Waals surface area contributed by atoms with Crippen LogP contribution in [0.3, 0.4) is 0 Å². The third-order valence-electron chi connectivity index (χ3n) is 5.47. The third kappa shape index (κ3) is 3.79. The van der Waals surface area contributed by atoms with Crippen LogP contribution < -0.4 is 19.7 Å². The first-order chi connectivity index (χ1) is 14.5. The molecule has 2 aromatic heterocycles. The number of hydrogen-bond donors (Lipinski definition) is 1. The highest BCUT2D eigenvalue weighted by atomic mass is 32.1. The van der Waals surface area contributed by atoms with Gasteiger partial charge in [0.05, 0.1) is 25.2 Å². The number of fused-ring (bicyclic) bond motifs is 1. The molecular weight excluding hydrogens is 400 g/mol. The smallest absolute Gasteiger partial charge is 0.257 e. The van der Waals surface area contributed by atoms with E-state index in [2.05, 4.69) is 27.1 Å². The predicted molar refractivity (Wildman–Crippen MR) is 120 cm³/mol. The molecule has 1 amide bonds. The van der Waals surface area contributed by atoms with E-state index in [4.69, 9.17) is 9.47 Å². The van der Waals surface area contributed by atoms with Crippen molar-refractivity contribution in [3.05, 3.63) is 35.0 Å². The topological polar surface area (TPSA) is 76.6 Å². The Hall–Kier alpha value is -2.87. The minimum atomic E-state index is -0.174. The van der Waals surface area contributed by atoms with Crippen LogP contribution in [0.25, 0.3) is 10.2 Å². The average molecular weight is 427 g/mol. The summed E-state index contributed by atoms with van der Waals surface area (Å²) in [6.07, 6.45) is 3.95. The second kappa shape index (κ2) is 8.47. The molecule has 4 rings (SSSR count). The number of carbonyl (C=O) groups is 1. The maximum absolute atomic E-state index is 13.3. The highest BCUT2D eigenvalue weighted by Gasteiger charge is 2.26. The van der Waals surface area contributed by atoms with E-state index in [1.54, 1.807) is 38.7 Å². The molecule has 1 saturated heterocycles. The number of aryl methyl sites for hydroxylation is 1. The summed E-state index contributed by atoms with van der Waals surface area (Å²) >= 11 is 1.53. The minimum absolute atomic E-state index is 0.174. The van der Waals surface area contributed by atoms with Crippen LogP contribution in [-0.4, -0.2) is 43.2 Å². The normalized spacial score (nSPS) is 16.5. The van der Waals surface area contributed by atoms with E-state index in [1.165, 1.54) is 17.8 Å². The molecule has 0 radical (unpaired) electrons. The molecule has 3 aromatic rings. The fourth-order valence-corrected chi connectivity index (χ4v) is 5.01. The zero-order valence-electron chi connectivity index (χ0n) is 17.7. The molecule has 1 aliphatic rings. The van der Waals surface area contributed by atoms with Crippen LogP contribution in [0.4, 0.5) is 11.5 Å². The molecule has 30 heavy (non-hydrogen) atoms. The van der Waals surface area contributed by atoms with Gasteiger partial charge in [-0.15, -0.1) is 11.3 Å². The number of nitrogens with one attached hydrogen (secondary N) is 1. The van der Waals surface area contributed by atoms with Crippen molar-refractivity contribution in [3.8, 4) is 11.5 Å². The zero-order chi connectivity index (χ0) is 21.3. The fraction of sp³-hybridized carbons (Fsp3) is 0.409. The van der Waals surface area contributed by atoms with Gasteiger partial charge in [0.1, 0.15) is 17.0 Å². The summed E-state index contributed by atoms with van der Waals surface area (Å²) in [5.41, 5.74) is 1.28. The number of thiophene rings is 1. The number of piperidine rings is 1. The van der Waals surface area contributed by atoms with Crippen molar-refractivity contribution in [2.45, 2.75) is 26.7 Å². The van der Waals surface area contributed by atoms with Crippen LogP contribution >= 0.6 is 11.3 Å². The summed E-state index contributed by atoms with van der Waals surface area (Å²) in [5.74, 6) is 2.46. The maximum atomic E-state index is 13.3. The van der Waals surface area contributed by atoms with Gasteiger partial charge in [0.25, 0.3) is 5.91 Å². The number of nitrogens with zero attached hydrogens (tertiary/aromatic N) is 3. The second-order valence-electron chi connectivity index (χ2n) is 7.63. The molecule has 0 saturated carbocycles. The Morgan fingerprint density at radius 2 is 2.03 bits per heavy atom. The van der Waals surface area contributed by atoms with E-state index in [-0.39, 0.29) is 5.91 Å². The van der Waals surface area contributed by atoms with Crippen molar-refractivity contribution in [1.82, 2.24) is 9.97 Å². The number of ether oxygens (including phenoxy) is 2. The SMILES string of the molecule is COc1ccc(NC(=O)c2c(C)sc3ncnc(N4CCCC(C)C4)c23)cc1OC. The molecule has 1 fully saturated rings. The minimum Gasteiger partial charge on any atom is -0.493 e. The Balaban J connectivity index is 1.71. The van der Waals surface area contributed by atoms with E-state index < -0.39 is 0 Å². The van der Waals surface area contributed by atoms with Gasteiger partial charge < -0.3 is 19.7 Å². The van der Waals surface area contributed by atoms with Gasteiger partial charge in [0, 0.05) is 29.7 Å². The van der Waals surface area contributed by atoms with Crippen molar-refractivity contribution in [2.75, 3.05) is 37.5 Å². The number of rotatable bonds is 5. The Kier molecular flexibility index (Phi) is 5.76.